The van der Waals surface area contributed by atoms with Crippen molar-refractivity contribution in [1.82, 2.24) is 0 Å². The van der Waals surface area contributed by atoms with Gasteiger partial charge in [0, 0.05) is 0 Å². The molecule has 0 rings (SSSR count). The predicted octanol–water partition coefficient (Wildman–Crippen LogP) is 3.13. The number of hydrogen-bond acceptors (Lipinski definition) is 1. The molecule has 0 aliphatic carbocycles. The highest BCUT2D eigenvalue weighted by Crippen LogP contribution is 2.30. The van der Waals surface area contributed by atoms with Gasteiger partial charge in [0.1, 0.15) is 0 Å². The molecule has 0 spiro atoms. The molecule has 80 valence electrons. The topological polar surface area (TPSA) is 20.2 Å². The number of rotatable bonds is 5. The molecule has 0 heterocycles. The van der Waals surface area contributed by atoms with Gasteiger partial charge >= 0.3 is 6.18 Å². The van der Waals surface area contributed by atoms with Gasteiger partial charge in [-0.3, -0.25) is 0 Å². The Labute approximate surface area is 76.9 Å². The van der Waals surface area contributed by atoms with E-state index in [1.807, 2.05) is 13.8 Å². The summed E-state index contributed by atoms with van der Waals surface area (Å²) in [7, 11) is 0. The lowest BCUT2D eigenvalue weighted by molar-refractivity contribution is -0.220. The van der Waals surface area contributed by atoms with E-state index in [1.54, 1.807) is 0 Å². The molecule has 1 atom stereocenters. The second-order valence-corrected chi connectivity index (χ2v) is 3.32. The van der Waals surface area contributed by atoms with Crippen molar-refractivity contribution in [3.05, 3.63) is 0 Å². The second-order valence-electron chi connectivity index (χ2n) is 3.32. The zero-order chi connectivity index (χ0) is 10.5. The van der Waals surface area contributed by atoms with Crippen LogP contribution < -0.4 is 0 Å². The summed E-state index contributed by atoms with van der Waals surface area (Å²) in [5, 5.41) is 8.98. The van der Waals surface area contributed by atoms with Crippen LogP contribution in [0.5, 0.6) is 0 Å². The van der Waals surface area contributed by atoms with Crippen LogP contribution in [-0.2, 0) is 0 Å². The van der Waals surface area contributed by atoms with Gasteiger partial charge < -0.3 is 5.11 Å². The van der Waals surface area contributed by atoms with E-state index >= 15 is 0 Å². The van der Waals surface area contributed by atoms with Crippen LogP contribution in [0.1, 0.15) is 39.5 Å². The van der Waals surface area contributed by atoms with Crippen molar-refractivity contribution in [3.8, 4) is 0 Å². The van der Waals surface area contributed by atoms with E-state index in [1.165, 1.54) is 0 Å². The van der Waals surface area contributed by atoms with Crippen LogP contribution in [0.15, 0.2) is 0 Å². The van der Waals surface area contributed by atoms with Crippen LogP contribution in [0.4, 0.5) is 13.2 Å². The summed E-state index contributed by atoms with van der Waals surface area (Å²) < 4.78 is 36.3. The molecule has 4 heteroatoms. The van der Waals surface area contributed by atoms with E-state index in [0.29, 0.717) is 25.7 Å². The third-order valence-corrected chi connectivity index (χ3v) is 2.10. The molecule has 0 aliphatic rings. The molecule has 0 aromatic heterocycles. The van der Waals surface area contributed by atoms with E-state index in [0.717, 1.165) is 0 Å². The van der Waals surface area contributed by atoms with E-state index < -0.39 is 18.2 Å². The maximum absolute atomic E-state index is 12.1. The van der Waals surface area contributed by atoms with Crippen molar-refractivity contribution in [2.45, 2.75) is 51.8 Å². The monoisotopic (exact) mass is 198 g/mol. The molecule has 1 unspecified atom stereocenters. The zero-order valence-corrected chi connectivity index (χ0v) is 8.06. The van der Waals surface area contributed by atoms with Crippen molar-refractivity contribution in [1.29, 1.82) is 0 Å². The lowest BCUT2D eigenvalue weighted by Crippen LogP contribution is -2.35. The Morgan fingerprint density at radius 2 is 1.46 bits per heavy atom. The normalized spacial score (nSPS) is 15.0. The molecule has 0 radical (unpaired) electrons. The summed E-state index contributed by atoms with van der Waals surface area (Å²) in [4.78, 5) is 0. The number of hydrogen-bond donors (Lipinski definition) is 1. The smallest absolute Gasteiger partial charge is 0.383 e. The van der Waals surface area contributed by atoms with Crippen LogP contribution in [0, 0.1) is 5.92 Å². The fraction of sp³-hybridized carbons (Fsp3) is 1.00. The van der Waals surface area contributed by atoms with Gasteiger partial charge in [-0.2, -0.15) is 13.2 Å². The number of aliphatic hydroxyl groups excluding tert-OH is 1. The second kappa shape index (κ2) is 5.47. The highest BCUT2D eigenvalue weighted by molar-refractivity contribution is 4.74. The Hall–Kier alpha value is -0.250. The van der Waals surface area contributed by atoms with Gasteiger partial charge in [-0.05, 0) is 18.8 Å². The van der Waals surface area contributed by atoms with Crippen LogP contribution in [0.3, 0.4) is 0 Å². The number of halogens is 3. The zero-order valence-electron chi connectivity index (χ0n) is 8.06. The van der Waals surface area contributed by atoms with Gasteiger partial charge in [-0.1, -0.05) is 26.7 Å². The molecular formula is C9H17F3O. The Morgan fingerprint density at radius 1 is 1.08 bits per heavy atom. The van der Waals surface area contributed by atoms with Gasteiger partial charge in [0.25, 0.3) is 0 Å². The Balaban J connectivity index is 4.18. The third-order valence-electron chi connectivity index (χ3n) is 2.10. The largest absolute Gasteiger partial charge is 0.414 e. The van der Waals surface area contributed by atoms with E-state index in [4.69, 9.17) is 5.11 Å². The van der Waals surface area contributed by atoms with Gasteiger partial charge in [-0.15, -0.1) is 0 Å². The third kappa shape index (κ3) is 4.50. The Morgan fingerprint density at radius 3 is 1.69 bits per heavy atom. The van der Waals surface area contributed by atoms with Crippen molar-refractivity contribution in [2.75, 3.05) is 0 Å². The Kier molecular flexibility index (Phi) is 5.37. The summed E-state index contributed by atoms with van der Waals surface area (Å²) in [5.41, 5.74) is 0. The minimum atomic E-state index is -4.46. The fourth-order valence-electron chi connectivity index (χ4n) is 1.47. The lowest BCUT2D eigenvalue weighted by Gasteiger charge is -2.23. The van der Waals surface area contributed by atoms with Crippen LogP contribution in [0.25, 0.3) is 0 Å². The van der Waals surface area contributed by atoms with E-state index in [2.05, 4.69) is 0 Å². The quantitative estimate of drug-likeness (QED) is 0.719. The average molecular weight is 198 g/mol. The highest BCUT2D eigenvalue weighted by atomic mass is 19.4. The minimum Gasteiger partial charge on any atom is -0.383 e. The van der Waals surface area contributed by atoms with Crippen LogP contribution in [-0.4, -0.2) is 17.4 Å². The van der Waals surface area contributed by atoms with Crippen molar-refractivity contribution < 1.29 is 18.3 Å². The molecule has 1 N–H and O–H groups in total. The lowest BCUT2D eigenvalue weighted by atomic mass is 9.92. The average Bonchev–Trinajstić information content (AvgIpc) is 2.01. The molecule has 1 nitrogen and oxygen atoms in total. The number of aliphatic hydroxyl groups is 1. The Bertz CT molecular complexity index is 127. The van der Waals surface area contributed by atoms with Gasteiger partial charge in [0.15, 0.2) is 6.10 Å². The summed E-state index contributed by atoms with van der Waals surface area (Å²) in [5.74, 6) is -0.630. The maximum atomic E-state index is 12.1. The first-order chi connectivity index (χ1) is 5.93. The molecule has 0 aromatic rings. The first-order valence-corrected chi connectivity index (χ1v) is 4.68. The molecular weight excluding hydrogens is 181 g/mol. The molecule has 0 saturated heterocycles. The molecule has 0 fully saturated rings. The molecule has 13 heavy (non-hydrogen) atoms. The molecule has 0 saturated carbocycles. The molecule has 0 aliphatic heterocycles. The summed E-state index contributed by atoms with van der Waals surface area (Å²) in [6, 6.07) is 0. The highest BCUT2D eigenvalue weighted by Gasteiger charge is 2.42. The molecule has 0 amide bonds. The summed E-state index contributed by atoms with van der Waals surface area (Å²) in [6.45, 7) is 3.65. The van der Waals surface area contributed by atoms with Crippen molar-refractivity contribution in [2.24, 2.45) is 5.92 Å². The standard InChI is InChI=1S/C9H17F3O/c1-3-5-7(6-4-2)8(13)9(10,11)12/h7-8,13H,3-6H2,1-2H3. The van der Waals surface area contributed by atoms with E-state index in [-0.39, 0.29) is 0 Å². The SMILES string of the molecule is CCCC(CCC)C(O)C(F)(F)F. The van der Waals surface area contributed by atoms with Crippen LogP contribution in [0.2, 0.25) is 0 Å². The first-order valence-electron chi connectivity index (χ1n) is 4.68. The summed E-state index contributed by atoms with van der Waals surface area (Å²) in [6.07, 6.45) is -4.37. The minimum absolute atomic E-state index is 0.439. The molecule has 0 aromatic carbocycles. The van der Waals surface area contributed by atoms with Gasteiger partial charge in [-0.25, -0.2) is 0 Å². The van der Waals surface area contributed by atoms with Gasteiger partial charge in [0.2, 0.25) is 0 Å². The number of alkyl halides is 3. The fourth-order valence-corrected chi connectivity index (χ4v) is 1.47. The van der Waals surface area contributed by atoms with Crippen molar-refractivity contribution in [3.63, 3.8) is 0 Å². The first kappa shape index (κ1) is 12.8. The maximum Gasteiger partial charge on any atom is 0.414 e. The van der Waals surface area contributed by atoms with Crippen LogP contribution >= 0.6 is 0 Å². The predicted molar refractivity (Wildman–Crippen MR) is 45.4 cm³/mol. The van der Waals surface area contributed by atoms with Gasteiger partial charge in [0.05, 0.1) is 0 Å². The summed E-state index contributed by atoms with van der Waals surface area (Å²) >= 11 is 0. The van der Waals surface area contributed by atoms with Crippen molar-refractivity contribution >= 4 is 0 Å². The molecule has 0 bridgehead atoms. The van der Waals surface area contributed by atoms with E-state index in [9.17, 15) is 13.2 Å².